The molecule has 0 unspecified atom stereocenters. The SMILES string of the molecule is CC1(C)c2ccccc2-c2ccc(N(c3ccc4c(c3)-c3c(N(c5ccc6c(c5)C(C)(C)c5ccccc5-6)c5ccccc5-c5ccccc5)cccc3C43c4ccccc4-c4ccccc43)c3ccccc3-c3ccccc3)cc21. The highest BCUT2D eigenvalue weighted by molar-refractivity contribution is 6.04. The summed E-state index contributed by atoms with van der Waals surface area (Å²) in [4.78, 5) is 5.12. The van der Waals surface area contributed by atoms with Gasteiger partial charge in [0.2, 0.25) is 0 Å². The largest absolute Gasteiger partial charge is 0.310 e. The molecule has 0 aromatic heterocycles. The van der Waals surface area contributed by atoms with Gasteiger partial charge in [0.1, 0.15) is 0 Å². The number of hydrogen-bond acceptors (Lipinski definition) is 2. The van der Waals surface area contributed by atoms with E-state index in [1.165, 1.54) is 111 Å². The van der Waals surface area contributed by atoms with E-state index in [-0.39, 0.29) is 10.8 Å². The van der Waals surface area contributed by atoms with Crippen molar-refractivity contribution in [2.24, 2.45) is 0 Å². The van der Waals surface area contributed by atoms with Gasteiger partial charge in [0.15, 0.2) is 0 Å². The normalized spacial score (nSPS) is 14.5. The van der Waals surface area contributed by atoms with E-state index in [0.29, 0.717) is 0 Å². The summed E-state index contributed by atoms with van der Waals surface area (Å²) in [7, 11) is 0. The van der Waals surface area contributed by atoms with Crippen molar-refractivity contribution in [1.82, 2.24) is 0 Å². The number of benzene rings is 12. The predicted octanol–water partition coefficient (Wildman–Crippen LogP) is 20.9. The average Bonchev–Trinajstić information content (AvgIpc) is 1.94. The summed E-state index contributed by atoms with van der Waals surface area (Å²) in [6.07, 6.45) is 0. The molecule has 1 spiro atoms. The summed E-state index contributed by atoms with van der Waals surface area (Å²) >= 11 is 0. The van der Waals surface area contributed by atoms with Gasteiger partial charge in [-0.05, 0) is 149 Å². The molecular formula is C79H58N2. The minimum absolute atomic E-state index is 0.191. The predicted molar refractivity (Wildman–Crippen MR) is 338 cm³/mol. The molecule has 0 aliphatic heterocycles. The molecule has 0 N–H and O–H groups in total. The topological polar surface area (TPSA) is 6.48 Å². The lowest BCUT2D eigenvalue weighted by molar-refractivity contribution is 0.660. The van der Waals surface area contributed by atoms with Crippen LogP contribution >= 0.6 is 0 Å². The smallest absolute Gasteiger partial charge is 0.0726 e. The van der Waals surface area contributed by atoms with Gasteiger partial charge < -0.3 is 9.80 Å². The molecule has 0 radical (unpaired) electrons. The summed E-state index contributed by atoms with van der Waals surface area (Å²) in [6, 6.07) is 105. The van der Waals surface area contributed by atoms with Gasteiger partial charge >= 0.3 is 0 Å². The molecule has 12 aromatic carbocycles. The molecule has 0 bridgehead atoms. The van der Waals surface area contributed by atoms with Crippen LogP contribution in [0.5, 0.6) is 0 Å². The van der Waals surface area contributed by atoms with Crippen molar-refractivity contribution in [3.63, 3.8) is 0 Å². The van der Waals surface area contributed by atoms with Gasteiger partial charge in [-0.15, -0.1) is 0 Å². The van der Waals surface area contributed by atoms with Gasteiger partial charge in [-0.25, -0.2) is 0 Å². The van der Waals surface area contributed by atoms with Crippen LogP contribution in [0.1, 0.15) is 72.2 Å². The molecule has 2 heteroatoms. The highest BCUT2D eigenvalue weighted by Crippen LogP contribution is 2.66. The fraction of sp³-hybridized carbons (Fsp3) is 0.0886. The standard InChI is InChI=1S/C79H58N2/c1-77(2)65-34-17-11-30-58(65)62-45-42-54(49-71(62)77)80(73-39-21-15-28-56(73)51-24-7-5-8-25-51)53-44-47-69-64(48-53)76-70(79(69)67-36-19-13-32-60(67)61-33-14-20-37-68(61)79)38-23-41-75(76)81(74-40-22-16-29-57(74)52-26-9-6-10-27-52)55-43-46-63-59-31-12-18-35-66(59)78(3,4)72(63)50-55/h5-50H,1-4H3. The first-order chi connectivity index (χ1) is 39.7. The monoisotopic (exact) mass is 1030 g/mol. The van der Waals surface area contributed by atoms with Crippen LogP contribution < -0.4 is 9.80 Å². The van der Waals surface area contributed by atoms with Crippen LogP contribution in [0.15, 0.2) is 279 Å². The Morgan fingerprint density at radius 3 is 1.09 bits per heavy atom. The molecule has 12 aromatic rings. The second kappa shape index (κ2) is 17.6. The number of para-hydroxylation sites is 2. The third-order valence-electron chi connectivity index (χ3n) is 18.7. The maximum absolute atomic E-state index is 2.59. The van der Waals surface area contributed by atoms with E-state index in [1.807, 2.05) is 0 Å². The van der Waals surface area contributed by atoms with Gasteiger partial charge in [-0.2, -0.15) is 0 Å². The van der Waals surface area contributed by atoms with E-state index < -0.39 is 5.41 Å². The molecule has 4 aliphatic rings. The number of rotatable bonds is 8. The number of nitrogens with zero attached hydrogens (tertiary/aromatic N) is 2. The Kier molecular flexibility index (Phi) is 10.3. The molecule has 0 amide bonds. The first kappa shape index (κ1) is 47.3. The van der Waals surface area contributed by atoms with Crippen molar-refractivity contribution in [2.45, 2.75) is 43.9 Å². The van der Waals surface area contributed by atoms with Crippen molar-refractivity contribution in [1.29, 1.82) is 0 Å². The fourth-order valence-corrected chi connectivity index (χ4v) is 15.0. The van der Waals surface area contributed by atoms with Crippen LogP contribution in [0.25, 0.3) is 66.8 Å². The zero-order chi connectivity index (χ0) is 54.2. The van der Waals surface area contributed by atoms with Gasteiger partial charge in [0, 0.05) is 44.6 Å². The third-order valence-corrected chi connectivity index (χ3v) is 18.7. The maximum atomic E-state index is 2.59. The summed E-state index contributed by atoms with van der Waals surface area (Å²) < 4.78 is 0. The second-order valence-electron chi connectivity index (χ2n) is 23.5. The quantitative estimate of drug-likeness (QED) is 0.150. The Morgan fingerprint density at radius 2 is 0.568 bits per heavy atom. The zero-order valence-corrected chi connectivity index (χ0v) is 46.0. The Labute approximate surface area is 475 Å². The molecular weight excluding hydrogens is 977 g/mol. The molecule has 4 aliphatic carbocycles. The van der Waals surface area contributed by atoms with Gasteiger partial charge in [-0.1, -0.05) is 252 Å². The lowest BCUT2D eigenvalue weighted by Gasteiger charge is -2.33. The van der Waals surface area contributed by atoms with Crippen molar-refractivity contribution < 1.29 is 0 Å². The van der Waals surface area contributed by atoms with Crippen LogP contribution in [-0.2, 0) is 16.2 Å². The molecule has 0 atom stereocenters. The van der Waals surface area contributed by atoms with E-state index in [9.17, 15) is 0 Å². The third kappa shape index (κ3) is 6.68. The van der Waals surface area contributed by atoms with Crippen LogP contribution in [0.2, 0.25) is 0 Å². The molecule has 0 fully saturated rings. The lowest BCUT2D eigenvalue weighted by Crippen LogP contribution is -2.26. The van der Waals surface area contributed by atoms with Crippen LogP contribution in [-0.4, -0.2) is 0 Å². The van der Waals surface area contributed by atoms with E-state index in [4.69, 9.17) is 0 Å². The number of fused-ring (bicyclic) bond motifs is 16. The van der Waals surface area contributed by atoms with Crippen LogP contribution in [0.3, 0.4) is 0 Å². The molecule has 0 saturated heterocycles. The van der Waals surface area contributed by atoms with Crippen molar-refractivity contribution in [3.05, 3.63) is 324 Å². The second-order valence-corrected chi connectivity index (χ2v) is 23.5. The first-order valence-corrected chi connectivity index (χ1v) is 28.6. The number of anilines is 6. The molecule has 0 heterocycles. The number of hydrogen-bond donors (Lipinski definition) is 0. The average molecular weight is 1040 g/mol. The fourth-order valence-electron chi connectivity index (χ4n) is 15.0. The lowest BCUT2D eigenvalue weighted by atomic mass is 9.70. The van der Waals surface area contributed by atoms with Gasteiger partial charge in [0.05, 0.1) is 22.5 Å². The van der Waals surface area contributed by atoms with E-state index >= 15 is 0 Å². The Morgan fingerprint density at radius 1 is 0.222 bits per heavy atom. The molecule has 384 valence electrons. The Balaban J connectivity index is 0.999. The van der Waals surface area contributed by atoms with Crippen molar-refractivity contribution in [2.75, 3.05) is 9.80 Å². The summed E-state index contributed by atoms with van der Waals surface area (Å²) in [6.45, 7) is 9.56. The maximum Gasteiger partial charge on any atom is 0.0726 e. The molecule has 81 heavy (non-hydrogen) atoms. The van der Waals surface area contributed by atoms with Crippen LogP contribution in [0.4, 0.5) is 34.1 Å². The molecule has 2 nitrogen and oxygen atoms in total. The Hall–Kier alpha value is -9.76. The highest BCUT2D eigenvalue weighted by atomic mass is 15.2. The Bertz CT molecular complexity index is 4500. The van der Waals surface area contributed by atoms with E-state index in [1.54, 1.807) is 0 Å². The minimum Gasteiger partial charge on any atom is -0.310 e. The molecule has 16 rings (SSSR count). The summed E-state index contributed by atoms with van der Waals surface area (Å²) in [5.41, 5.74) is 31.3. The first-order valence-electron chi connectivity index (χ1n) is 28.6. The van der Waals surface area contributed by atoms with Crippen molar-refractivity contribution in [3.8, 4) is 66.8 Å². The minimum atomic E-state index is -0.602. The molecule has 0 saturated carbocycles. The highest BCUT2D eigenvalue weighted by Gasteiger charge is 2.53. The van der Waals surface area contributed by atoms with E-state index in [2.05, 4.69) is 317 Å². The van der Waals surface area contributed by atoms with Gasteiger partial charge in [0.25, 0.3) is 0 Å². The summed E-state index contributed by atoms with van der Waals surface area (Å²) in [5, 5.41) is 0. The summed E-state index contributed by atoms with van der Waals surface area (Å²) in [5.74, 6) is 0. The van der Waals surface area contributed by atoms with Gasteiger partial charge in [-0.3, -0.25) is 0 Å². The van der Waals surface area contributed by atoms with E-state index in [0.717, 1.165) is 34.1 Å². The van der Waals surface area contributed by atoms with Crippen molar-refractivity contribution >= 4 is 34.1 Å². The van der Waals surface area contributed by atoms with Crippen LogP contribution in [0, 0.1) is 0 Å². The zero-order valence-electron chi connectivity index (χ0n) is 46.0.